The highest BCUT2D eigenvalue weighted by Crippen LogP contribution is 2.37. The van der Waals surface area contributed by atoms with Crippen molar-refractivity contribution in [3.63, 3.8) is 0 Å². The van der Waals surface area contributed by atoms with Gasteiger partial charge >= 0.3 is 5.97 Å². The molecule has 3 aromatic rings. The van der Waals surface area contributed by atoms with Gasteiger partial charge in [0, 0.05) is 16.6 Å². The molecule has 0 amide bonds. The number of carbonyl (C=O) groups is 1. The van der Waals surface area contributed by atoms with E-state index in [0.717, 1.165) is 34.1 Å². The molecule has 0 saturated carbocycles. The number of fused-ring (bicyclic) bond motifs is 3. The number of rotatable bonds is 3. The Morgan fingerprint density at radius 2 is 2.39 bits per heavy atom. The minimum Gasteiger partial charge on any atom is -0.478 e. The molecule has 0 bridgehead atoms. The summed E-state index contributed by atoms with van der Waals surface area (Å²) in [7, 11) is 0. The van der Waals surface area contributed by atoms with Crippen LogP contribution in [0.4, 0.5) is 0 Å². The molecule has 0 spiro atoms. The molecule has 4 nitrogen and oxygen atoms in total. The van der Waals surface area contributed by atoms with Crippen LogP contribution in [-0.2, 0) is 17.6 Å². The number of carboxylic acids is 1. The number of nitrogens with zero attached hydrogens (tertiary/aromatic N) is 2. The van der Waals surface area contributed by atoms with Gasteiger partial charge in [-0.05, 0) is 42.7 Å². The molecule has 4 rings (SSSR count). The van der Waals surface area contributed by atoms with Gasteiger partial charge in [-0.1, -0.05) is 13.0 Å². The van der Waals surface area contributed by atoms with E-state index in [4.69, 9.17) is 10.1 Å². The molecule has 0 aliphatic heterocycles. The molecule has 0 radical (unpaired) electrons. The quantitative estimate of drug-likeness (QED) is 0.719. The first-order valence-corrected chi connectivity index (χ1v) is 9.31. The predicted molar refractivity (Wildman–Crippen MR) is 94.2 cm³/mol. The van der Waals surface area contributed by atoms with Gasteiger partial charge in [-0.15, -0.1) is 22.7 Å². The lowest BCUT2D eigenvalue weighted by Crippen LogP contribution is -2.11. The molecule has 23 heavy (non-hydrogen) atoms. The van der Waals surface area contributed by atoms with Gasteiger partial charge in [-0.2, -0.15) is 0 Å². The average Bonchev–Trinajstić information content (AvgIpc) is 3.19. The Kier molecular flexibility index (Phi) is 3.58. The number of thiophene rings is 1. The molecule has 3 aromatic heterocycles. The highest BCUT2D eigenvalue weighted by atomic mass is 32.1. The summed E-state index contributed by atoms with van der Waals surface area (Å²) in [6.45, 7) is 2.29. The van der Waals surface area contributed by atoms with Gasteiger partial charge in [0.05, 0.1) is 10.6 Å². The number of aliphatic carboxylic acids is 1. The molecule has 3 heterocycles. The van der Waals surface area contributed by atoms with E-state index in [1.165, 1.54) is 23.1 Å². The second-order valence-corrected chi connectivity index (χ2v) is 7.94. The summed E-state index contributed by atoms with van der Waals surface area (Å²) < 4.78 is 2.17. The molecule has 1 N–H and O–H groups in total. The van der Waals surface area contributed by atoms with E-state index in [2.05, 4.69) is 11.3 Å². The highest BCUT2D eigenvalue weighted by Gasteiger charge is 2.24. The topological polar surface area (TPSA) is 54.6 Å². The van der Waals surface area contributed by atoms with E-state index in [0.29, 0.717) is 5.92 Å². The van der Waals surface area contributed by atoms with Gasteiger partial charge in [0.2, 0.25) is 0 Å². The maximum absolute atomic E-state index is 11.0. The van der Waals surface area contributed by atoms with Crippen molar-refractivity contribution in [1.29, 1.82) is 0 Å². The summed E-state index contributed by atoms with van der Waals surface area (Å²) in [5.41, 5.74) is 3.07. The van der Waals surface area contributed by atoms with Crippen LogP contribution >= 0.6 is 22.7 Å². The number of aryl methyl sites for hydroxylation is 1. The molecule has 118 valence electrons. The molecule has 6 heteroatoms. The summed E-state index contributed by atoms with van der Waals surface area (Å²) in [5.74, 6) is -0.226. The Labute approximate surface area is 141 Å². The molecule has 1 unspecified atom stereocenters. The van der Waals surface area contributed by atoms with E-state index < -0.39 is 5.97 Å². The van der Waals surface area contributed by atoms with E-state index in [-0.39, 0.29) is 0 Å². The zero-order valence-electron chi connectivity index (χ0n) is 12.7. The molecule has 1 aliphatic carbocycles. The van der Waals surface area contributed by atoms with Crippen molar-refractivity contribution in [3.05, 3.63) is 39.9 Å². The van der Waals surface area contributed by atoms with Crippen LogP contribution in [-0.4, -0.2) is 20.5 Å². The third kappa shape index (κ3) is 2.52. The number of aromatic nitrogens is 2. The van der Waals surface area contributed by atoms with Crippen molar-refractivity contribution >= 4 is 39.7 Å². The zero-order chi connectivity index (χ0) is 16.0. The van der Waals surface area contributed by atoms with Crippen LogP contribution in [0.25, 0.3) is 21.6 Å². The highest BCUT2D eigenvalue weighted by molar-refractivity contribution is 7.17. The number of thiazole rings is 1. The van der Waals surface area contributed by atoms with Crippen molar-refractivity contribution in [2.75, 3.05) is 0 Å². The lowest BCUT2D eigenvalue weighted by Gasteiger charge is -2.18. The largest absolute Gasteiger partial charge is 0.478 e. The second kappa shape index (κ2) is 5.62. The van der Waals surface area contributed by atoms with Crippen LogP contribution < -0.4 is 0 Å². The first kappa shape index (κ1) is 14.7. The Morgan fingerprint density at radius 1 is 1.52 bits per heavy atom. The predicted octanol–water partition coefficient (Wildman–Crippen LogP) is 4.35. The van der Waals surface area contributed by atoms with Gasteiger partial charge in [-0.3, -0.25) is 4.40 Å². The van der Waals surface area contributed by atoms with Gasteiger partial charge in [0.25, 0.3) is 0 Å². The Balaban J connectivity index is 1.95. The molecule has 1 aliphatic rings. The normalized spacial score (nSPS) is 17.9. The molecule has 0 aromatic carbocycles. The SMILES string of the molecule is CC1CCc2c(sc3nc(-c4cccs4)c(/C=C/C(=O)O)n23)C1. The average molecular weight is 344 g/mol. The third-order valence-corrected chi connectivity index (χ3v) is 6.22. The summed E-state index contributed by atoms with van der Waals surface area (Å²) in [4.78, 5) is 19.2. The zero-order valence-corrected chi connectivity index (χ0v) is 14.3. The maximum atomic E-state index is 11.0. The molecular weight excluding hydrogens is 328 g/mol. The van der Waals surface area contributed by atoms with Gasteiger partial charge in [-0.25, -0.2) is 9.78 Å². The van der Waals surface area contributed by atoms with Crippen LogP contribution in [0, 0.1) is 5.92 Å². The van der Waals surface area contributed by atoms with E-state index in [1.54, 1.807) is 28.7 Å². The van der Waals surface area contributed by atoms with Gasteiger partial charge in [0.1, 0.15) is 5.69 Å². The van der Waals surface area contributed by atoms with E-state index in [1.807, 2.05) is 17.5 Å². The first-order valence-electron chi connectivity index (χ1n) is 7.61. The number of carboxylic acid groups (broad SMARTS) is 1. The number of hydrogen-bond donors (Lipinski definition) is 1. The van der Waals surface area contributed by atoms with Crippen LogP contribution in [0.15, 0.2) is 23.6 Å². The first-order chi connectivity index (χ1) is 11.1. The standard InChI is InChI=1S/C17H16N2O2S2/c1-10-4-5-11-14(9-10)23-17-18-16(13-3-2-8-22-13)12(19(11)17)6-7-15(20)21/h2-3,6-8,10H,4-5,9H2,1H3,(H,20,21)/b7-6+. The maximum Gasteiger partial charge on any atom is 0.328 e. The van der Waals surface area contributed by atoms with Gasteiger partial charge < -0.3 is 5.11 Å². The van der Waals surface area contributed by atoms with Crippen LogP contribution in [0.5, 0.6) is 0 Å². The second-order valence-electron chi connectivity index (χ2n) is 5.93. The molecule has 0 saturated heterocycles. The fourth-order valence-electron chi connectivity index (χ4n) is 3.15. The van der Waals surface area contributed by atoms with Crippen molar-refractivity contribution in [2.24, 2.45) is 5.92 Å². The van der Waals surface area contributed by atoms with Crippen molar-refractivity contribution < 1.29 is 9.90 Å². The van der Waals surface area contributed by atoms with Crippen LogP contribution in [0.2, 0.25) is 0 Å². The summed E-state index contributed by atoms with van der Waals surface area (Å²) in [6.07, 6.45) is 6.19. The lowest BCUT2D eigenvalue weighted by molar-refractivity contribution is -0.131. The number of imidazole rings is 1. The lowest BCUT2D eigenvalue weighted by atomic mass is 9.93. The minimum atomic E-state index is -0.935. The van der Waals surface area contributed by atoms with Crippen molar-refractivity contribution in [1.82, 2.24) is 9.38 Å². The van der Waals surface area contributed by atoms with Crippen molar-refractivity contribution in [3.8, 4) is 10.6 Å². The molecule has 0 fully saturated rings. The smallest absolute Gasteiger partial charge is 0.328 e. The van der Waals surface area contributed by atoms with Gasteiger partial charge in [0.15, 0.2) is 4.96 Å². The molecule has 1 atom stereocenters. The van der Waals surface area contributed by atoms with Crippen LogP contribution in [0.3, 0.4) is 0 Å². The fraction of sp³-hybridized carbons (Fsp3) is 0.294. The summed E-state index contributed by atoms with van der Waals surface area (Å²) in [6, 6.07) is 4.03. The van der Waals surface area contributed by atoms with Crippen LogP contribution in [0.1, 0.15) is 29.6 Å². The molecular formula is C17H16N2O2S2. The number of hydrogen-bond acceptors (Lipinski definition) is 4. The minimum absolute atomic E-state index is 0.709. The third-order valence-electron chi connectivity index (χ3n) is 4.23. The summed E-state index contributed by atoms with van der Waals surface area (Å²) in [5, 5.41) is 11.0. The summed E-state index contributed by atoms with van der Waals surface area (Å²) >= 11 is 3.37. The van der Waals surface area contributed by atoms with Crippen molar-refractivity contribution in [2.45, 2.75) is 26.2 Å². The monoisotopic (exact) mass is 344 g/mol. The van der Waals surface area contributed by atoms with E-state index >= 15 is 0 Å². The Hall–Kier alpha value is -1.92. The Bertz CT molecular complexity index is 903. The fourth-order valence-corrected chi connectivity index (χ4v) is 5.20. The van der Waals surface area contributed by atoms with E-state index in [9.17, 15) is 4.79 Å². The Morgan fingerprint density at radius 3 is 3.13 bits per heavy atom.